The van der Waals surface area contributed by atoms with E-state index in [2.05, 4.69) is 15.0 Å². The van der Waals surface area contributed by atoms with E-state index in [1.54, 1.807) is 23.9 Å². The van der Waals surface area contributed by atoms with E-state index in [0.29, 0.717) is 57.6 Å². The lowest BCUT2D eigenvalue weighted by Crippen LogP contribution is -2.44. The number of aromatic nitrogens is 3. The third-order valence-electron chi connectivity index (χ3n) is 6.66. The van der Waals surface area contributed by atoms with Crippen molar-refractivity contribution >= 4 is 26.8 Å². The summed E-state index contributed by atoms with van der Waals surface area (Å²) in [4.78, 5) is 25.1. The maximum atomic E-state index is 13.1. The number of carbonyl (C=O) groups excluding carboxylic acids is 1. The van der Waals surface area contributed by atoms with Gasteiger partial charge in [0.2, 0.25) is 15.9 Å². The first-order valence-electron chi connectivity index (χ1n) is 12.5. The summed E-state index contributed by atoms with van der Waals surface area (Å²) in [6.45, 7) is 3.05. The van der Waals surface area contributed by atoms with Crippen LogP contribution in [0.4, 0.5) is 0 Å². The number of amides is 1. The maximum Gasteiger partial charge on any atom is 0.247 e. The second kappa shape index (κ2) is 12.5. The van der Waals surface area contributed by atoms with E-state index in [1.165, 1.54) is 4.31 Å². The van der Waals surface area contributed by atoms with E-state index in [4.69, 9.17) is 9.94 Å². The molecule has 2 aromatic heterocycles. The van der Waals surface area contributed by atoms with Crippen LogP contribution in [0.15, 0.2) is 48.8 Å². The molecule has 1 aromatic carbocycles. The van der Waals surface area contributed by atoms with Crippen LogP contribution in [-0.2, 0) is 32.6 Å². The number of hydrogen-bond donors (Lipinski definition) is 2. The molecule has 0 unspecified atom stereocenters. The fourth-order valence-corrected chi connectivity index (χ4v) is 6.51. The molecule has 11 heteroatoms. The van der Waals surface area contributed by atoms with Crippen molar-refractivity contribution < 1.29 is 23.2 Å². The van der Waals surface area contributed by atoms with Crippen molar-refractivity contribution in [3.63, 3.8) is 0 Å². The smallest absolute Gasteiger partial charge is 0.247 e. The summed E-state index contributed by atoms with van der Waals surface area (Å²) in [6.07, 6.45) is 5.70. The lowest BCUT2D eigenvalue weighted by atomic mass is 10.0. The Kier molecular flexibility index (Phi) is 9.14. The van der Waals surface area contributed by atoms with Crippen LogP contribution in [0.5, 0.6) is 0 Å². The predicted octanol–water partition coefficient (Wildman–Crippen LogP) is 2.79. The molecular weight excluding hydrogens is 494 g/mol. The van der Waals surface area contributed by atoms with E-state index >= 15 is 0 Å². The minimum Gasteiger partial charge on any atom is -0.373 e. The van der Waals surface area contributed by atoms with Crippen LogP contribution in [0.1, 0.15) is 42.8 Å². The van der Waals surface area contributed by atoms with Gasteiger partial charge in [-0.1, -0.05) is 18.2 Å². The van der Waals surface area contributed by atoms with Gasteiger partial charge in [0, 0.05) is 43.0 Å². The monoisotopic (exact) mass is 527 g/mol. The number of pyridine rings is 1. The highest BCUT2D eigenvalue weighted by Gasteiger charge is 2.33. The SMILES string of the molecule is Cc1cc(COC2CCN(S(=O)(=O)C[C@@H](CCCc3ncccn3)C(=O)NO)CC2)c2ccccc2n1. The van der Waals surface area contributed by atoms with E-state index in [9.17, 15) is 13.2 Å². The number of fused-ring (bicyclic) bond motifs is 1. The average Bonchev–Trinajstić information content (AvgIpc) is 2.91. The number of para-hydroxylation sites is 1. The summed E-state index contributed by atoms with van der Waals surface area (Å²) in [5.74, 6) is -1.29. The van der Waals surface area contributed by atoms with E-state index in [0.717, 1.165) is 22.2 Å². The molecule has 4 rings (SSSR count). The fraction of sp³-hybridized carbons (Fsp3) is 0.462. The summed E-state index contributed by atoms with van der Waals surface area (Å²) in [5.41, 5.74) is 4.54. The molecule has 0 bridgehead atoms. The number of benzene rings is 1. The van der Waals surface area contributed by atoms with E-state index < -0.39 is 21.8 Å². The quantitative estimate of drug-likeness (QED) is 0.287. The standard InChI is InChI=1S/C26H33N5O5S/c1-19-16-21(23-7-2-3-8-24(23)29-19)17-36-22-10-14-31(15-11-22)37(34,35)18-20(26(32)30-33)6-4-9-25-27-12-5-13-28-25/h2-3,5,7-8,12-13,16,20,22,33H,4,6,9-11,14-15,17-18H2,1H3,(H,30,32)/t20-/m1/s1. The molecule has 10 nitrogen and oxygen atoms in total. The molecule has 198 valence electrons. The molecule has 37 heavy (non-hydrogen) atoms. The predicted molar refractivity (Wildman–Crippen MR) is 138 cm³/mol. The first kappa shape index (κ1) is 27.1. The van der Waals surface area contributed by atoms with Crippen LogP contribution in [0, 0.1) is 12.8 Å². The molecule has 3 aromatic rings. The molecule has 1 atom stereocenters. The van der Waals surface area contributed by atoms with Gasteiger partial charge in [0.05, 0.1) is 29.9 Å². The second-order valence-electron chi connectivity index (χ2n) is 9.36. The van der Waals surface area contributed by atoms with Crippen molar-refractivity contribution in [1.82, 2.24) is 24.7 Å². The third kappa shape index (κ3) is 7.29. The molecule has 1 fully saturated rings. The number of nitrogens with zero attached hydrogens (tertiary/aromatic N) is 4. The summed E-state index contributed by atoms with van der Waals surface area (Å²) in [5, 5.41) is 10.2. The van der Waals surface area contributed by atoms with Gasteiger partial charge in [0.1, 0.15) is 5.82 Å². The zero-order chi connectivity index (χ0) is 26.3. The van der Waals surface area contributed by atoms with Crippen LogP contribution < -0.4 is 5.48 Å². The van der Waals surface area contributed by atoms with Crippen molar-refractivity contribution in [3.05, 3.63) is 65.9 Å². The zero-order valence-electron chi connectivity index (χ0n) is 20.9. The topological polar surface area (TPSA) is 135 Å². The number of ether oxygens (including phenoxy) is 1. The summed E-state index contributed by atoms with van der Waals surface area (Å²) in [7, 11) is -3.69. The van der Waals surface area contributed by atoms with Gasteiger partial charge in [-0.2, -0.15) is 0 Å². The number of rotatable bonds is 11. The minimum atomic E-state index is -3.69. The van der Waals surface area contributed by atoms with Crippen LogP contribution >= 0.6 is 0 Å². The normalized spacial score (nSPS) is 16.1. The van der Waals surface area contributed by atoms with Gasteiger partial charge >= 0.3 is 0 Å². The first-order chi connectivity index (χ1) is 17.9. The van der Waals surface area contributed by atoms with Gasteiger partial charge < -0.3 is 4.74 Å². The lowest BCUT2D eigenvalue weighted by molar-refractivity contribution is -0.133. The van der Waals surface area contributed by atoms with Crippen LogP contribution in [-0.4, -0.2) is 63.7 Å². The fourth-order valence-electron chi connectivity index (χ4n) is 4.71. The Morgan fingerprint density at radius 3 is 2.65 bits per heavy atom. The number of aryl methyl sites for hydroxylation is 2. The van der Waals surface area contributed by atoms with Gasteiger partial charge in [0.25, 0.3) is 0 Å². The van der Waals surface area contributed by atoms with E-state index in [-0.39, 0.29) is 11.9 Å². The molecule has 1 amide bonds. The van der Waals surface area contributed by atoms with Gasteiger partial charge in [-0.25, -0.2) is 28.2 Å². The molecule has 0 spiro atoms. The molecule has 0 radical (unpaired) electrons. The average molecular weight is 528 g/mol. The zero-order valence-corrected chi connectivity index (χ0v) is 21.7. The first-order valence-corrected chi connectivity index (χ1v) is 14.1. The second-order valence-corrected chi connectivity index (χ2v) is 11.4. The Hall–Kier alpha value is -2.99. The van der Waals surface area contributed by atoms with Crippen LogP contribution in [0.2, 0.25) is 0 Å². The molecule has 2 N–H and O–H groups in total. The summed E-state index contributed by atoms with van der Waals surface area (Å²) < 4.78 is 33.8. The van der Waals surface area contributed by atoms with Crippen LogP contribution in [0.25, 0.3) is 10.9 Å². The maximum absolute atomic E-state index is 13.1. The number of sulfonamides is 1. The summed E-state index contributed by atoms with van der Waals surface area (Å²) in [6, 6.07) is 11.7. The molecule has 0 saturated carbocycles. The number of hydrogen-bond acceptors (Lipinski definition) is 8. The number of carbonyl (C=O) groups is 1. The van der Waals surface area contributed by atoms with Gasteiger partial charge in [-0.3, -0.25) is 15.0 Å². The number of hydroxylamine groups is 1. The van der Waals surface area contributed by atoms with Crippen molar-refractivity contribution in [3.8, 4) is 0 Å². The highest BCUT2D eigenvalue weighted by molar-refractivity contribution is 7.89. The number of piperidine rings is 1. The summed E-state index contributed by atoms with van der Waals surface area (Å²) >= 11 is 0. The van der Waals surface area contributed by atoms with Gasteiger partial charge in [-0.05, 0) is 56.4 Å². The van der Waals surface area contributed by atoms with Crippen molar-refractivity contribution in [2.75, 3.05) is 18.8 Å². The Morgan fingerprint density at radius 2 is 1.92 bits per heavy atom. The molecule has 3 heterocycles. The van der Waals surface area contributed by atoms with Crippen molar-refractivity contribution in [1.29, 1.82) is 0 Å². The highest BCUT2D eigenvalue weighted by atomic mass is 32.2. The third-order valence-corrected chi connectivity index (χ3v) is 8.64. The van der Waals surface area contributed by atoms with Crippen molar-refractivity contribution in [2.45, 2.75) is 51.7 Å². The van der Waals surface area contributed by atoms with Crippen LogP contribution in [0.3, 0.4) is 0 Å². The molecule has 1 saturated heterocycles. The van der Waals surface area contributed by atoms with Gasteiger partial charge in [-0.15, -0.1) is 0 Å². The van der Waals surface area contributed by atoms with Gasteiger partial charge in [0.15, 0.2) is 0 Å². The molecular formula is C26H33N5O5S. The highest BCUT2D eigenvalue weighted by Crippen LogP contribution is 2.24. The van der Waals surface area contributed by atoms with Crippen molar-refractivity contribution in [2.24, 2.45) is 5.92 Å². The molecule has 0 aliphatic carbocycles. The largest absolute Gasteiger partial charge is 0.373 e. The molecule has 1 aliphatic rings. The Bertz CT molecular complexity index is 1300. The van der Waals surface area contributed by atoms with E-state index in [1.807, 2.05) is 37.3 Å². The Morgan fingerprint density at radius 1 is 1.19 bits per heavy atom. The molecule has 1 aliphatic heterocycles. The Balaban J connectivity index is 1.29. The lowest BCUT2D eigenvalue weighted by Gasteiger charge is -2.32. The number of nitrogens with one attached hydrogen (secondary N) is 1. The minimum absolute atomic E-state index is 0.0545. The Labute approximate surface area is 217 Å².